The Balaban J connectivity index is 3.11. The predicted octanol–water partition coefficient (Wildman–Crippen LogP) is -0.858. The van der Waals surface area contributed by atoms with Gasteiger partial charge in [-0.15, -0.1) is 11.3 Å². The number of carbonyl (C=O) groups excluding carboxylic acids is 2. The van der Waals surface area contributed by atoms with Crippen molar-refractivity contribution in [3.63, 3.8) is 0 Å². The van der Waals surface area contributed by atoms with Crippen molar-refractivity contribution in [2.45, 2.75) is 17.4 Å². The summed E-state index contributed by atoms with van der Waals surface area (Å²) in [6.45, 7) is 0. The third-order valence-corrected chi connectivity index (χ3v) is 4.83. The van der Waals surface area contributed by atoms with Crippen molar-refractivity contribution in [3.05, 3.63) is 16.3 Å². The molecule has 1 amide bonds. The lowest BCUT2D eigenvalue weighted by molar-refractivity contribution is -0.140. The maximum atomic E-state index is 12.1. The van der Waals surface area contributed by atoms with Crippen LogP contribution >= 0.6 is 11.3 Å². The second-order valence-electron chi connectivity index (χ2n) is 3.79. The van der Waals surface area contributed by atoms with Gasteiger partial charge in [0.2, 0.25) is 15.9 Å². The molecule has 0 saturated heterocycles. The molecule has 116 valence electrons. The molecule has 4 N–H and O–H groups in total. The van der Waals surface area contributed by atoms with E-state index in [9.17, 15) is 22.8 Å². The number of nitrogens with two attached hydrogens (primary N) is 1. The van der Waals surface area contributed by atoms with Gasteiger partial charge in [0, 0.05) is 0 Å². The minimum absolute atomic E-state index is 0.201. The smallest absolute Gasteiger partial charge is 0.349 e. The lowest BCUT2D eigenvalue weighted by atomic mass is 10.2. The number of esters is 1. The van der Waals surface area contributed by atoms with Crippen LogP contribution < -0.4 is 10.5 Å². The Morgan fingerprint density at radius 2 is 2.10 bits per heavy atom. The number of sulfonamides is 1. The van der Waals surface area contributed by atoms with E-state index in [1.165, 1.54) is 5.38 Å². The lowest BCUT2D eigenvalue weighted by Crippen LogP contribution is -2.43. The number of carboxylic acids is 1. The molecule has 0 aliphatic rings. The molecule has 1 rings (SSSR count). The number of hydrogen-bond donors (Lipinski definition) is 3. The highest BCUT2D eigenvalue weighted by molar-refractivity contribution is 7.89. The number of ether oxygens (including phenoxy) is 1. The summed E-state index contributed by atoms with van der Waals surface area (Å²) in [5.74, 6) is -3.41. The number of carbonyl (C=O) groups is 3. The fourth-order valence-corrected chi connectivity index (χ4v) is 3.91. The molecule has 0 saturated carbocycles. The number of aliphatic carboxylic acids is 1. The molecule has 0 radical (unpaired) electrons. The van der Waals surface area contributed by atoms with Gasteiger partial charge in [0.25, 0.3) is 0 Å². The van der Waals surface area contributed by atoms with Gasteiger partial charge >= 0.3 is 11.9 Å². The number of primary amides is 1. The van der Waals surface area contributed by atoms with Crippen LogP contribution in [0.3, 0.4) is 0 Å². The van der Waals surface area contributed by atoms with Gasteiger partial charge in [-0.25, -0.2) is 13.2 Å². The van der Waals surface area contributed by atoms with Crippen LogP contribution in [0.5, 0.6) is 0 Å². The van der Waals surface area contributed by atoms with Gasteiger partial charge in [-0.05, 0) is 11.4 Å². The Labute approximate surface area is 123 Å². The highest BCUT2D eigenvalue weighted by Gasteiger charge is 2.30. The summed E-state index contributed by atoms with van der Waals surface area (Å²) in [4.78, 5) is 32.5. The van der Waals surface area contributed by atoms with Crippen molar-refractivity contribution in [2.75, 3.05) is 7.11 Å². The first-order valence-corrected chi connectivity index (χ1v) is 7.74. The average Bonchev–Trinajstić information content (AvgIpc) is 2.86. The molecule has 0 bridgehead atoms. The van der Waals surface area contributed by atoms with E-state index in [1.54, 1.807) is 0 Å². The average molecular weight is 336 g/mol. The number of amides is 1. The van der Waals surface area contributed by atoms with Crippen LogP contribution in [-0.4, -0.2) is 44.5 Å². The van der Waals surface area contributed by atoms with Crippen LogP contribution in [0.25, 0.3) is 0 Å². The molecule has 1 aromatic heterocycles. The minimum atomic E-state index is -4.32. The molecule has 9 nitrogen and oxygen atoms in total. The summed E-state index contributed by atoms with van der Waals surface area (Å²) in [5.41, 5.74) is 4.86. The van der Waals surface area contributed by atoms with Gasteiger partial charge in [-0.1, -0.05) is 0 Å². The van der Waals surface area contributed by atoms with Gasteiger partial charge in [-0.2, -0.15) is 4.72 Å². The normalized spacial score (nSPS) is 12.6. The molecular formula is C10H12N2O7S2. The van der Waals surface area contributed by atoms with E-state index in [0.29, 0.717) is 0 Å². The molecular weight excluding hydrogens is 324 g/mol. The topological polar surface area (TPSA) is 153 Å². The van der Waals surface area contributed by atoms with Gasteiger partial charge < -0.3 is 15.6 Å². The zero-order valence-electron chi connectivity index (χ0n) is 10.7. The number of hydrogen-bond acceptors (Lipinski definition) is 7. The van der Waals surface area contributed by atoms with Crippen molar-refractivity contribution in [1.29, 1.82) is 0 Å². The Morgan fingerprint density at radius 1 is 1.48 bits per heavy atom. The van der Waals surface area contributed by atoms with Gasteiger partial charge in [-0.3, -0.25) is 9.59 Å². The highest BCUT2D eigenvalue weighted by atomic mass is 32.2. The van der Waals surface area contributed by atoms with Crippen LogP contribution in [-0.2, 0) is 24.3 Å². The van der Waals surface area contributed by atoms with Gasteiger partial charge in [0.1, 0.15) is 15.8 Å². The second kappa shape index (κ2) is 6.65. The summed E-state index contributed by atoms with van der Waals surface area (Å²) >= 11 is 0.826. The summed E-state index contributed by atoms with van der Waals surface area (Å²) in [5, 5.41) is 10.2. The van der Waals surface area contributed by atoms with E-state index in [1.807, 2.05) is 4.72 Å². The van der Waals surface area contributed by atoms with Gasteiger partial charge in [0.15, 0.2) is 0 Å². The maximum absolute atomic E-state index is 12.1. The zero-order chi connectivity index (χ0) is 16.2. The molecule has 0 aliphatic carbocycles. The van der Waals surface area contributed by atoms with Crippen LogP contribution in [0.2, 0.25) is 0 Å². The Morgan fingerprint density at radius 3 is 2.57 bits per heavy atom. The van der Waals surface area contributed by atoms with E-state index < -0.39 is 45.2 Å². The first-order valence-electron chi connectivity index (χ1n) is 5.38. The van der Waals surface area contributed by atoms with E-state index in [-0.39, 0.29) is 4.88 Å². The zero-order valence-corrected chi connectivity index (χ0v) is 12.4. The molecule has 11 heteroatoms. The molecule has 0 unspecified atom stereocenters. The van der Waals surface area contributed by atoms with Crippen LogP contribution in [0.15, 0.2) is 16.3 Å². The largest absolute Gasteiger partial charge is 0.480 e. The van der Waals surface area contributed by atoms with E-state index in [0.717, 1.165) is 24.5 Å². The molecule has 0 aliphatic heterocycles. The second-order valence-corrected chi connectivity index (χ2v) is 6.39. The molecule has 0 spiro atoms. The summed E-state index contributed by atoms with van der Waals surface area (Å²) < 4.78 is 30.5. The molecule has 0 aromatic carbocycles. The molecule has 1 aromatic rings. The van der Waals surface area contributed by atoms with Gasteiger partial charge in [0.05, 0.1) is 13.5 Å². The van der Waals surface area contributed by atoms with Crippen molar-refractivity contribution in [2.24, 2.45) is 5.73 Å². The third-order valence-electron chi connectivity index (χ3n) is 2.29. The molecule has 21 heavy (non-hydrogen) atoms. The number of methoxy groups -OCH3 is 1. The minimum Gasteiger partial charge on any atom is -0.480 e. The number of nitrogens with one attached hydrogen (secondary N) is 1. The first-order chi connectivity index (χ1) is 9.69. The quantitative estimate of drug-likeness (QED) is 0.548. The van der Waals surface area contributed by atoms with Crippen LogP contribution in [0.1, 0.15) is 16.1 Å². The number of thiophene rings is 1. The van der Waals surface area contributed by atoms with Crippen LogP contribution in [0.4, 0.5) is 0 Å². The molecule has 1 atom stereocenters. The Bertz CT molecular complexity index is 665. The summed E-state index contributed by atoms with van der Waals surface area (Å²) in [6.07, 6.45) is -0.716. The summed E-state index contributed by atoms with van der Waals surface area (Å²) in [6, 6.07) is -0.597. The molecule has 1 heterocycles. The lowest BCUT2D eigenvalue weighted by Gasteiger charge is -2.13. The predicted molar refractivity (Wildman–Crippen MR) is 71.2 cm³/mol. The van der Waals surface area contributed by atoms with Crippen LogP contribution in [0, 0.1) is 0 Å². The Hall–Kier alpha value is -1.98. The number of carboxylic acid groups (broad SMARTS) is 1. The third kappa shape index (κ3) is 4.24. The fraction of sp³-hybridized carbons (Fsp3) is 0.300. The maximum Gasteiger partial charge on any atom is 0.349 e. The van der Waals surface area contributed by atoms with Crippen molar-refractivity contribution < 1.29 is 32.6 Å². The molecule has 0 fully saturated rings. The van der Waals surface area contributed by atoms with E-state index >= 15 is 0 Å². The summed E-state index contributed by atoms with van der Waals surface area (Å²) in [7, 11) is -3.24. The fourth-order valence-electron chi connectivity index (χ4n) is 1.38. The van der Waals surface area contributed by atoms with Crippen molar-refractivity contribution >= 4 is 39.2 Å². The van der Waals surface area contributed by atoms with E-state index in [4.69, 9.17) is 10.8 Å². The van der Waals surface area contributed by atoms with Crippen molar-refractivity contribution in [3.8, 4) is 0 Å². The standard InChI is InChI=1S/C10H12N2O7S2/c1-19-10(16)8-6(2-3-20-8)21(17,18)12-5(9(14)15)4-7(11)13/h2-3,5,12H,4H2,1H3,(H2,11,13)(H,14,15)/t5-/m0/s1. The monoisotopic (exact) mass is 336 g/mol. The first kappa shape index (κ1) is 17.1. The highest BCUT2D eigenvalue weighted by Crippen LogP contribution is 2.23. The van der Waals surface area contributed by atoms with Crippen molar-refractivity contribution in [1.82, 2.24) is 4.72 Å². The number of rotatable bonds is 7. The SMILES string of the molecule is COC(=O)c1sccc1S(=O)(=O)N[C@@H](CC(N)=O)C(=O)O. The Kier molecular flexibility index (Phi) is 5.41. The van der Waals surface area contributed by atoms with E-state index in [2.05, 4.69) is 4.74 Å².